The minimum Gasteiger partial charge on any atom is -0.857 e. The molecule has 0 atom stereocenters. The van der Waals surface area contributed by atoms with E-state index in [0.29, 0.717) is 0 Å². The molecule has 0 aromatic carbocycles. The van der Waals surface area contributed by atoms with Crippen molar-refractivity contribution in [2.24, 2.45) is 0 Å². The zero-order chi connectivity index (χ0) is 4.71. The molecule has 0 aliphatic rings. The van der Waals surface area contributed by atoms with E-state index in [4.69, 9.17) is 15.0 Å². The fourth-order valence-electron chi connectivity index (χ4n) is 0. The van der Waals surface area contributed by atoms with Crippen LogP contribution in [0.4, 0.5) is 0 Å². The van der Waals surface area contributed by atoms with Crippen LogP contribution >= 0.6 is 0 Å². The molecule has 0 aromatic heterocycles. The topological polar surface area (TPSA) is 60.4 Å². The monoisotopic (exact) mass is 100 g/mol. The fraction of sp³-hybridized carbons (Fsp3) is 0.500. The van der Waals surface area contributed by atoms with Gasteiger partial charge in [-0.25, -0.2) is 0 Å². The smallest absolute Gasteiger partial charge is 0.857 e. The van der Waals surface area contributed by atoms with Crippen LogP contribution in [0.15, 0.2) is 0 Å². The van der Waals surface area contributed by atoms with E-state index in [0.717, 1.165) is 7.11 Å². The van der Waals surface area contributed by atoms with Crippen LogP contribution in [-0.4, -0.2) is 18.7 Å². The van der Waals surface area contributed by atoms with Crippen molar-refractivity contribution in [3.05, 3.63) is 0 Å². The van der Waals surface area contributed by atoms with Crippen LogP contribution in [0.25, 0.3) is 0 Å². The number of hydrogen-bond donors (Lipinski definition) is 1. The maximum absolute atomic E-state index is 8.36. The minimum absolute atomic E-state index is 0. The van der Waals surface area contributed by atoms with E-state index < -0.39 is 0 Å². The van der Waals surface area contributed by atoms with Crippen LogP contribution in [0.3, 0.4) is 0 Å². The van der Waals surface area contributed by atoms with E-state index in [9.17, 15) is 0 Å². The van der Waals surface area contributed by atoms with Crippen LogP contribution < -0.4 is 34.7 Å². The summed E-state index contributed by atoms with van der Waals surface area (Å²) in [4.78, 5) is 8.36. The molecule has 4 heteroatoms. The molecule has 0 heterocycles. The van der Waals surface area contributed by atoms with Gasteiger partial charge >= 0.3 is 29.6 Å². The van der Waals surface area contributed by atoms with Gasteiger partial charge in [0.15, 0.2) is 0 Å². The van der Waals surface area contributed by atoms with Gasteiger partial charge in [0.05, 0.1) is 0 Å². The van der Waals surface area contributed by atoms with Crippen molar-refractivity contribution in [1.82, 2.24) is 0 Å². The standard InChI is InChI=1S/CH2O2.CH3O.Na/c2-1-3;1-2;/h1H,(H,2,3);1H3;/q;-1;+1. The average molecular weight is 100 g/mol. The molecule has 0 bridgehead atoms. The Morgan fingerprint density at radius 1 is 1.67 bits per heavy atom. The predicted octanol–water partition coefficient (Wildman–Crippen LogP) is -4.32. The molecule has 0 unspecified atom stereocenters. The molecule has 0 saturated heterocycles. The molecule has 0 aliphatic carbocycles. The van der Waals surface area contributed by atoms with Crippen molar-refractivity contribution in [2.75, 3.05) is 7.11 Å². The van der Waals surface area contributed by atoms with Gasteiger partial charge in [-0.15, -0.1) is 0 Å². The zero-order valence-corrected chi connectivity index (χ0v) is 5.84. The Hall–Kier alpha value is 0.430. The van der Waals surface area contributed by atoms with Gasteiger partial charge in [0, 0.05) is 0 Å². The first-order chi connectivity index (χ1) is 2.41. The zero-order valence-electron chi connectivity index (χ0n) is 3.84. The summed E-state index contributed by atoms with van der Waals surface area (Å²) in [7, 11) is 0.750. The third kappa shape index (κ3) is 282. The Kier molecular flexibility index (Phi) is 140. The van der Waals surface area contributed by atoms with Gasteiger partial charge in [0.1, 0.15) is 0 Å². The molecule has 0 rings (SSSR count). The SMILES string of the molecule is C[O-].O=CO.[Na+]. The summed E-state index contributed by atoms with van der Waals surface area (Å²) in [5.41, 5.74) is 0. The van der Waals surface area contributed by atoms with Crippen molar-refractivity contribution in [2.45, 2.75) is 0 Å². The van der Waals surface area contributed by atoms with Gasteiger partial charge in [-0.1, -0.05) is 0 Å². The largest absolute Gasteiger partial charge is 1.00 e. The predicted molar refractivity (Wildman–Crippen MR) is 14.6 cm³/mol. The number of rotatable bonds is 0. The first-order valence-corrected chi connectivity index (χ1v) is 0.902. The fourth-order valence-corrected chi connectivity index (χ4v) is 0. The van der Waals surface area contributed by atoms with Crippen molar-refractivity contribution >= 4 is 6.47 Å². The molecular formula is C2H5NaO3. The van der Waals surface area contributed by atoms with Crippen molar-refractivity contribution < 1.29 is 44.6 Å². The Balaban J connectivity index is -0.0000000275. The van der Waals surface area contributed by atoms with Crippen molar-refractivity contribution in [1.29, 1.82) is 0 Å². The molecule has 0 fully saturated rings. The summed E-state index contributed by atoms with van der Waals surface area (Å²) >= 11 is 0. The number of carboxylic acid groups (broad SMARTS) is 1. The van der Waals surface area contributed by atoms with Gasteiger partial charge in [0.25, 0.3) is 6.47 Å². The molecule has 0 aromatic rings. The van der Waals surface area contributed by atoms with Gasteiger partial charge in [-0.05, 0) is 0 Å². The minimum atomic E-state index is -0.250. The molecule has 0 amide bonds. The van der Waals surface area contributed by atoms with Gasteiger partial charge in [-0.2, -0.15) is 7.11 Å². The van der Waals surface area contributed by atoms with Crippen LogP contribution in [0.5, 0.6) is 0 Å². The van der Waals surface area contributed by atoms with Crippen molar-refractivity contribution in [3.63, 3.8) is 0 Å². The Bertz CT molecular complexity index is 16.3. The number of hydrogen-bond acceptors (Lipinski definition) is 2. The Labute approximate surface area is 58.3 Å². The molecule has 0 spiro atoms. The van der Waals surface area contributed by atoms with Crippen LogP contribution in [0.2, 0.25) is 0 Å². The summed E-state index contributed by atoms with van der Waals surface area (Å²) in [5, 5.41) is 15.1. The molecule has 3 nitrogen and oxygen atoms in total. The second kappa shape index (κ2) is 52.1. The maximum Gasteiger partial charge on any atom is 1.00 e. The third-order valence-corrected chi connectivity index (χ3v) is 0. The quantitative estimate of drug-likeness (QED) is 0.247. The van der Waals surface area contributed by atoms with E-state index in [2.05, 4.69) is 0 Å². The second-order valence-corrected chi connectivity index (χ2v) is 0.105. The van der Waals surface area contributed by atoms with Crippen LogP contribution in [0, 0.1) is 0 Å². The molecule has 1 N–H and O–H groups in total. The Morgan fingerprint density at radius 3 is 1.67 bits per heavy atom. The summed E-state index contributed by atoms with van der Waals surface area (Å²) in [5.74, 6) is 0. The van der Waals surface area contributed by atoms with E-state index in [1.165, 1.54) is 0 Å². The van der Waals surface area contributed by atoms with Gasteiger partial charge in [0.2, 0.25) is 0 Å². The Morgan fingerprint density at radius 2 is 1.67 bits per heavy atom. The molecule has 0 saturated carbocycles. The first-order valence-electron chi connectivity index (χ1n) is 0.902. The number of carbonyl (C=O) groups is 1. The molecule has 32 valence electrons. The van der Waals surface area contributed by atoms with Crippen molar-refractivity contribution in [3.8, 4) is 0 Å². The van der Waals surface area contributed by atoms with E-state index in [-0.39, 0.29) is 36.0 Å². The summed E-state index contributed by atoms with van der Waals surface area (Å²) < 4.78 is 0. The third-order valence-electron chi connectivity index (χ3n) is 0. The van der Waals surface area contributed by atoms with E-state index in [1.54, 1.807) is 0 Å². The van der Waals surface area contributed by atoms with E-state index >= 15 is 0 Å². The summed E-state index contributed by atoms with van der Waals surface area (Å²) in [6.07, 6.45) is 0. The normalized spacial score (nSPS) is 3.00. The van der Waals surface area contributed by atoms with Gasteiger partial charge < -0.3 is 10.2 Å². The van der Waals surface area contributed by atoms with E-state index in [1.807, 2.05) is 0 Å². The summed E-state index contributed by atoms with van der Waals surface area (Å²) in [6.45, 7) is -0.250. The first kappa shape index (κ1) is 16.1. The molecule has 6 heavy (non-hydrogen) atoms. The van der Waals surface area contributed by atoms with Gasteiger partial charge in [-0.3, -0.25) is 4.79 Å². The summed E-state index contributed by atoms with van der Waals surface area (Å²) in [6, 6.07) is 0. The van der Waals surface area contributed by atoms with Crippen LogP contribution in [0.1, 0.15) is 0 Å². The average Bonchev–Trinajstić information content (AvgIpc) is 1.46. The molecule has 0 radical (unpaired) electrons. The second-order valence-electron chi connectivity index (χ2n) is 0.105. The molecular weight excluding hydrogens is 95.0 g/mol. The van der Waals surface area contributed by atoms with Crippen LogP contribution in [-0.2, 0) is 4.79 Å². The molecule has 0 aliphatic heterocycles. The maximum atomic E-state index is 8.36.